The van der Waals surface area contributed by atoms with Gasteiger partial charge in [0, 0.05) is 0 Å². The molecule has 1 heterocycles. The SMILES string of the molecule is COc1ccc(S(=O)(=O)Nc2ccc3nc(SC)sc3c2)cc1Cl. The Balaban J connectivity index is 1.92. The summed E-state index contributed by atoms with van der Waals surface area (Å²) in [7, 11) is -2.27. The van der Waals surface area contributed by atoms with Crippen LogP contribution in [0.25, 0.3) is 10.2 Å². The normalized spacial score (nSPS) is 11.6. The van der Waals surface area contributed by atoms with Gasteiger partial charge in [0.2, 0.25) is 0 Å². The second kappa shape index (κ2) is 6.79. The van der Waals surface area contributed by atoms with E-state index in [0.717, 1.165) is 14.6 Å². The molecule has 1 aromatic heterocycles. The van der Waals surface area contributed by atoms with Gasteiger partial charge in [-0.1, -0.05) is 23.4 Å². The minimum absolute atomic E-state index is 0.0718. The van der Waals surface area contributed by atoms with Gasteiger partial charge in [-0.2, -0.15) is 0 Å². The Bertz CT molecular complexity index is 1000. The lowest BCUT2D eigenvalue weighted by Crippen LogP contribution is -2.12. The molecule has 0 atom stereocenters. The molecule has 2 aromatic carbocycles. The summed E-state index contributed by atoms with van der Waals surface area (Å²) in [6, 6.07) is 9.59. The van der Waals surface area contributed by atoms with Gasteiger partial charge in [0.25, 0.3) is 10.0 Å². The second-order valence-corrected chi connectivity index (χ2v) is 8.94. The maximum Gasteiger partial charge on any atom is 0.261 e. The number of nitrogens with one attached hydrogen (secondary N) is 1. The number of benzene rings is 2. The lowest BCUT2D eigenvalue weighted by molar-refractivity contribution is 0.414. The number of sulfonamides is 1. The summed E-state index contributed by atoms with van der Waals surface area (Å²) >= 11 is 9.09. The molecule has 9 heteroatoms. The summed E-state index contributed by atoms with van der Waals surface area (Å²) in [6.07, 6.45) is 1.95. The predicted molar refractivity (Wildman–Crippen MR) is 100 cm³/mol. The van der Waals surface area contributed by atoms with Gasteiger partial charge in [0.1, 0.15) is 5.75 Å². The van der Waals surface area contributed by atoms with Crippen molar-refractivity contribution in [3.8, 4) is 5.75 Å². The lowest BCUT2D eigenvalue weighted by Gasteiger charge is -2.10. The molecule has 0 saturated carbocycles. The number of aromatic nitrogens is 1. The van der Waals surface area contributed by atoms with Crippen molar-refractivity contribution < 1.29 is 13.2 Å². The lowest BCUT2D eigenvalue weighted by atomic mass is 10.3. The number of ether oxygens (including phenoxy) is 1. The van der Waals surface area contributed by atoms with Crippen molar-refractivity contribution in [3.05, 3.63) is 41.4 Å². The minimum atomic E-state index is -3.74. The third-order valence-corrected chi connectivity index (χ3v) is 6.91. The fraction of sp³-hybridized carbons (Fsp3) is 0.133. The molecule has 0 bridgehead atoms. The van der Waals surface area contributed by atoms with E-state index in [9.17, 15) is 8.42 Å². The molecule has 1 N–H and O–H groups in total. The van der Waals surface area contributed by atoms with Gasteiger partial charge in [-0.15, -0.1) is 11.3 Å². The van der Waals surface area contributed by atoms with Crippen LogP contribution in [0.3, 0.4) is 0 Å². The number of anilines is 1. The van der Waals surface area contributed by atoms with E-state index in [1.807, 2.05) is 6.26 Å². The predicted octanol–water partition coefficient (Wildman–Crippen LogP) is 4.48. The molecule has 3 rings (SSSR count). The van der Waals surface area contributed by atoms with Crippen LogP contribution in [0.5, 0.6) is 5.75 Å². The summed E-state index contributed by atoms with van der Waals surface area (Å²) in [4.78, 5) is 4.50. The van der Waals surface area contributed by atoms with Crippen molar-refractivity contribution in [1.29, 1.82) is 0 Å². The fourth-order valence-corrected chi connectivity index (χ4v) is 5.01. The summed E-state index contributed by atoms with van der Waals surface area (Å²) in [6.45, 7) is 0. The van der Waals surface area contributed by atoms with Crippen molar-refractivity contribution in [2.75, 3.05) is 18.1 Å². The number of hydrogen-bond donors (Lipinski definition) is 1. The molecule has 0 spiro atoms. The quantitative estimate of drug-likeness (QED) is 0.639. The highest BCUT2D eigenvalue weighted by atomic mass is 35.5. The van der Waals surface area contributed by atoms with Crippen molar-refractivity contribution in [2.24, 2.45) is 0 Å². The van der Waals surface area contributed by atoms with Crippen molar-refractivity contribution in [2.45, 2.75) is 9.24 Å². The van der Waals surface area contributed by atoms with Gasteiger partial charge in [0.15, 0.2) is 4.34 Å². The van der Waals surface area contributed by atoms with Gasteiger partial charge >= 0.3 is 0 Å². The third kappa shape index (κ3) is 3.46. The number of thiazole rings is 1. The standard InChI is InChI=1S/C15H13ClN2O3S3/c1-21-13-6-4-10(8-11(13)16)24(19,20)18-9-3-5-12-14(7-9)23-15(17-12)22-2/h3-8,18H,1-2H3. The average molecular weight is 401 g/mol. The molecule has 0 unspecified atom stereocenters. The van der Waals surface area contributed by atoms with Crippen molar-refractivity contribution >= 4 is 60.6 Å². The molecular formula is C15H13ClN2O3S3. The first kappa shape index (κ1) is 17.3. The molecule has 3 aromatic rings. The summed E-state index contributed by atoms with van der Waals surface area (Å²) in [5, 5.41) is 0.239. The topological polar surface area (TPSA) is 68.3 Å². The summed E-state index contributed by atoms with van der Waals surface area (Å²) in [5.41, 5.74) is 1.32. The molecule has 24 heavy (non-hydrogen) atoms. The molecule has 0 aliphatic heterocycles. The van der Waals surface area contributed by atoms with Crippen molar-refractivity contribution in [3.63, 3.8) is 0 Å². The molecule has 0 aliphatic carbocycles. The van der Waals surface area contributed by atoms with E-state index in [4.69, 9.17) is 16.3 Å². The first-order chi connectivity index (χ1) is 11.4. The van der Waals surface area contributed by atoms with E-state index in [1.54, 1.807) is 30.0 Å². The average Bonchev–Trinajstić information content (AvgIpc) is 2.96. The Hall–Kier alpha value is -1.48. The minimum Gasteiger partial charge on any atom is -0.495 e. The smallest absolute Gasteiger partial charge is 0.261 e. The van der Waals surface area contributed by atoms with Crippen LogP contribution in [0, 0.1) is 0 Å². The Kier molecular flexibility index (Phi) is 4.91. The molecule has 126 valence electrons. The number of fused-ring (bicyclic) bond motifs is 1. The van der Waals surface area contributed by atoms with E-state index < -0.39 is 10.0 Å². The van der Waals surface area contributed by atoms with Gasteiger partial charge < -0.3 is 4.74 Å². The molecule has 0 radical (unpaired) electrons. The van der Waals surface area contributed by atoms with E-state index in [2.05, 4.69) is 9.71 Å². The van der Waals surface area contributed by atoms with Crippen LogP contribution in [-0.4, -0.2) is 26.8 Å². The van der Waals surface area contributed by atoms with Crippen LogP contribution >= 0.6 is 34.7 Å². The van der Waals surface area contributed by atoms with Crippen LogP contribution in [0.15, 0.2) is 45.6 Å². The zero-order valence-electron chi connectivity index (χ0n) is 12.7. The van der Waals surface area contributed by atoms with Gasteiger partial charge in [-0.3, -0.25) is 4.72 Å². The maximum absolute atomic E-state index is 12.5. The zero-order valence-corrected chi connectivity index (χ0v) is 15.9. The largest absolute Gasteiger partial charge is 0.495 e. The Morgan fingerprint density at radius 2 is 2.04 bits per heavy atom. The van der Waals surface area contributed by atoms with Crippen LogP contribution in [0.1, 0.15) is 0 Å². The van der Waals surface area contributed by atoms with Crippen LogP contribution in [-0.2, 0) is 10.0 Å². The van der Waals surface area contributed by atoms with E-state index in [1.165, 1.54) is 36.6 Å². The monoisotopic (exact) mass is 400 g/mol. The fourth-order valence-electron chi connectivity index (χ4n) is 2.08. The number of halogens is 1. The molecule has 5 nitrogen and oxygen atoms in total. The maximum atomic E-state index is 12.5. The van der Waals surface area contributed by atoms with E-state index in [-0.39, 0.29) is 9.92 Å². The number of rotatable bonds is 5. The second-order valence-electron chi connectivity index (χ2n) is 4.77. The summed E-state index contributed by atoms with van der Waals surface area (Å²) in [5.74, 6) is 0.422. The van der Waals surface area contributed by atoms with Crippen LogP contribution < -0.4 is 9.46 Å². The molecule has 0 fully saturated rings. The Morgan fingerprint density at radius 3 is 2.71 bits per heavy atom. The zero-order chi connectivity index (χ0) is 17.3. The van der Waals surface area contributed by atoms with Crippen LogP contribution in [0.4, 0.5) is 5.69 Å². The molecule has 0 amide bonds. The summed E-state index contributed by atoms with van der Waals surface area (Å²) < 4.78 is 34.5. The molecular weight excluding hydrogens is 388 g/mol. The van der Waals surface area contributed by atoms with Gasteiger partial charge in [-0.25, -0.2) is 13.4 Å². The highest BCUT2D eigenvalue weighted by molar-refractivity contribution is 8.00. The third-order valence-electron chi connectivity index (χ3n) is 3.23. The Morgan fingerprint density at radius 1 is 1.25 bits per heavy atom. The number of nitrogens with zero attached hydrogens (tertiary/aromatic N) is 1. The van der Waals surface area contributed by atoms with Gasteiger partial charge in [0.05, 0.1) is 32.9 Å². The van der Waals surface area contributed by atoms with E-state index in [0.29, 0.717) is 11.4 Å². The first-order valence-corrected chi connectivity index (χ1v) is 10.6. The number of thioether (sulfide) groups is 1. The van der Waals surface area contributed by atoms with E-state index >= 15 is 0 Å². The van der Waals surface area contributed by atoms with Crippen molar-refractivity contribution in [1.82, 2.24) is 4.98 Å². The highest BCUT2D eigenvalue weighted by Crippen LogP contribution is 2.31. The molecule has 0 saturated heterocycles. The number of methoxy groups -OCH3 is 1. The first-order valence-electron chi connectivity index (χ1n) is 6.74. The Labute approximate surface area is 153 Å². The van der Waals surface area contributed by atoms with Crippen LogP contribution in [0.2, 0.25) is 5.02 Å². The highest BCUT2D eigenvalue weighted by Gasteiger charge is 2.17. The number of hydrogen-bond acceptors (Lipinski definition) is 6. The molecule has 0 aliphatic rings. The van der Waals surface area contributed by atoms with Gasteiger partial charge in [-0.05, 0) is 42.7 Å².